The van der Waals surface area contributed by atoms with E-state index in [1.165, 1.54) is 0 Å². The van der Waals surface area contributed by atoms with E-state index >= 15 is 0 Å². The number of benzene rings is 1. The van der Waals surface area contributed by atoms with Gasteiger partial charge in [0, 0.05) is 10.6 Å². The van der Waals surface area contributed by atoms with E-state index in [2.05, 4.69) is 21.5 Å². The lowest BCUT2D eigenvalue weighted by molar-refractivity contribution is 0.205. The van der Waals surface area contributed by atoms with Gasteiger partial charge in [0.05, 0.1) is 6.54 Å². The largest absolute Gasteiger partial charge is 0.480 e. The number of ether oxygens (including phenoxy) is 1. The number of thioether (sulfide) groups is 1. The van der Waals surface area contributed by atoms with Gasteiger partial charge in [-0.2, -0.15) is 4.98 Å². The molecule has 0 spiro atoms. The highest BCUT2D eigenvalue weighted by atomic mass is 32.2. The molecule has 3 rings (SSSR count). The van der Waals surface area contributed by atoms with E-state index in [4.69, 9.17) is 9.26 Å². The Morgan fingerprint density at radius 1 is 1.42 bits per heavy atom. The zero-order chi connectivity index (χ0) is 13.1. The van der Waals surface area contributed by atoms with Crippen molar-refractivity contribution in [1.82, 2.24) is 15.5 Å². The van der Waals surface area contributed by atoms with E-state index in [-0.39, 0.29) is 6.10 Å². The highest BCUT2D eigenvalue weighted by molar-refractivity contribution is 7.99. The Balaban J connectivity index is 1.72. The number of para-hydroxylation sites is 1. The summed E-state index contributed by atoms with van der Waals surface area (Å²) in [5.74, 6) is 2.91. The molecule has 1 atom stereocenters. The van der Waals surface area contributed by atoms with Crippen molar-refractivity contribution in [2.75, 3.05) is 12.3 Å². The molecule has 2 heterocycles. The number of hydrogen-bond acceptors (Lipinski definition) is 6. The van der Waals surface area contributed by atoms with Crippen molar-refractivity contribution in [3.8, 4) is 5.75 Å². The second-order valence-electron chi connectivity index (χ2n) is 4.19. The minimum absolute atomic E-state index is 0.140. The molecule has 0 saturated carbocycles. The van der Waals surface area contributed by atoms with Crippen LogP contribution in [0.1, 0.15) is 24.7 Å². The van der Waals surface area contributed by atoms with Crippen molar-refractivity contribution < 1.29 is 9.26 Å². The number of nitrogens with one attached hydrogen (secondary N) is 1. The van der Waals surface area contributed by atoms with Gasteiger partial charge in [0.2, 0.25) is 11.7 Å². The summed E-state index contributed by atoms with van der Waals surface area (Å²) in [6, 6.07) is 8.00. The molecule has 1 aromatic carbocycles. The lowest BCUT2D eigenvalue weighted by atomic mass is 10.3. The Morgan fingerprint density at radius 3 is 3.21 bits per heavy atom. The highest BCUT2D eigenvalue weighted by Gasteiger charge is 2.25. The molecular formula is C13H15N3O2S. The molecule has 5 nitrogen and oxygen atoms in total. The average molecular weight is 277 g/mol. The third-order valence-electron chi connectivity index (χ3n) is 2.81. The topological polar surface area (TPSA) is 60.2 Å². The van der Waals surface area contributed by atoms with E-state index < -0.39 is 0 Å². The predicted molar refractivity (Wildman–Crippen MR) is 72.2 cm³/mol. The van der Waals surface area contributed by atoms with Gasteiger partial charge in [-0.25, -0.2) is 0 Å². The number of rotatable bonds is 4. The summed E-state index contributed by atoms with van der Waals surface area (Å²) in [4.78, 5) is 5.53. The second-order valence-corrected chi connectivity index (χ2v) is 5.25. The maximum absolute atomic E-state index is 5.91. The molecule has 100 valence electrons. The molecule has 0 radical (unpaired) electrons. The van der Waals surface area contributed by atoms with Gasteiger partial charge in [0.15, 0.2) is 6.10 Å². The molecule has 1 aliphatic rings. The predicted octanol–water partition coefficient (Wildman–Crippen LogP) is 2.40. The summed E-state index contributed by atoms with van der Waals surface area (Å²) in [6.45, 7) is 3.51. The zero-order valence-corrected chi connectivity index (χ0v) is 11.4. The first-order chi connectivity index (χ1) is 9.36. The van der Waals surface area contributed by atoms with Crippen LogP contribution in [0, 0.1) is 0 Å². The number of fused-ring (bicyclic) bond motifs is 1. The van der Waals surface area contributed by atoms with Crippen molar-refractivity contribution >= 4 is 11.8 Å². The summed E-state index contributed by atoms with van der Waals surface area (Å²) in [7, 11) is 0. The van der Waals surface area contributed by atoms with Gasteiger partial charge in [-0.05, 0) is 18.7 Å². The van der Waals surface area contributed by atoms with Crippen LogP contribution in [0.2, 0.25) is 0 Å². The van der Waals surface area contributed by atoms with Crippen LogP contribution in [-0.2, 0) is 6.54 Å². The first-order valence-electron chi connectivity index (χ1n) is 6.28. The van der Waals surface area contributed by atoms with Crippen LogP contribution in [0.4, 0.5) is 0 Å². The molecule has 2 aromatic rings. The summed E-state index contributed by atoms with van der Waals surface area (Å²) in [5, 5.41) is 7.16. The van der Waals surface area contributed by atoms with Crippen molar-refractivity contribution in [3.63, 3.8) is 0 Å². The van der Waals surface area contributed by atoms with Gasteiger partial charge in [0.1, 0.15) is 5.75 Å². The van der Waals surface area contributed by atoms with E-state index in [0.717, 1.165) is 22.9 Å². The lowest BCUT2D eigenvalue weighted by Crippen LogP contribution is -2.16. The van der Waals surface area contributed by atoms with Gasteiger partial charge in [-0.1, -0.05) is 24.2 Å². The van der Waals surface area contributed by atoms with Gasteiger partial charge in [-0.15, -0.1) is 11.8 Å². The third-order valence-corrected chi connectivity index (χ3v) is 3.92. The summed E-state index contributed by atoms with van der Waals surface area (Å²) >= 11 is 1.76. The number of hydrogen-bond donors (Lipinski definition) is 1. The molecular weight excluding hydrogens is 262 g/mol. The Hall–Kier alpha value is -1.53. The molecule has 0 aliphatic carbocycles. The van der Waals surface area contributed by atoms with Gasteiger partial charge >= 0.3 is 0 Å². The zero-order valence-electron chi connectivity index (χ0n) is 10.6. The highest BCUT2D eigenvalue weighted by Crippen LogP contribution is 2.39. The molecule has 1 N–H and O–H groups in total. The number of nitrogens with zero attached hydrogens (tertiary/aromatic N) is 2. The lowest BCUT2D eigenvalue weighted by Gasteiger charge is -2.22. The van der Waals surface area contributed by atoms with Gasteiger partial charge in [0.25, 0.3) is 0 Å². The van der Waals surface area contributed by atoms with Crippen LogP contribution in [0.3, 0.4) is 0 Å². The summed E-state index contributed by atoms with van der Waals surface area (Å²) in [6.07, 6.45) is -0.140. The fourth-order valence-corrected chi connectivity index (χ4v) is 2.83. The molecule has 1 unspecified atom stereocenters. The van der Waals surface area contributed by atoms with Crippen LogP contribution in [0.5, 0.6) is 5.75 Å². The summed E-state index contributed by atoms with van der Waals surface area (Å²) < 4.78 is 11.1. The quantitative estimate of drug-likeness (QED) is 0.926. The molecule has 0 bridgehead atoms. The Bertz CT molecular complexity index is 558. The molecule has 0 amide bonds. The first kappa shape index (κ1) is 12.5. The standard InChI is InChI=1S/C13H15N3O2S/c1-2-14-7-12-15-13(16-18-12)10-8-19-11-6-4-3-5-9(11)17-10/h3-6,10,14H,2,7-8H2,1H3. The first-order valence-corrected chi connectivity index (χ1v) is 7.27. The third kappa shape index (κ3) is 2.74. The Labute approximate surface area is 115 Å². The molecule has 0 fully saturated rings. The van der Waals surface area contributed by atoms with Gasteiger partial charge in [-0.3, -0.25) is 0 Å². The van der Waals surface area contributed by atoms with Crippen LogP contribution >= 0.6 is 11.8 Å². The minimum Gasteiger partial charge on any atom is -0.480 e. The normalized spacial score (nSPS) is 17.8. The monoisotopic (exact) mass is 277 g/mol. The Kier molecular flexibility index (Phi) is 3.70. The molecule has 19 heavy (non-hydrogen) atoms. The van der Waals surface area contributed by atoms with Gasteiger partial charge < -0.3 is 14.6 Å². The molecule has 1 aliphatic heterocycles. The van der Waals surface area contributed by atoms with E-state index in [0.29, 0.717) is 18.3 Å². The SMILES string of the molecule is CCNCc1nc(C2CSc3ccccc3O2)no1. The van der Waals surface area contributed by atoms with Crippen molar-refractivity contribution in [3.05, 3.63) is 36.0 Å². The molecule has 1 aromatic heterocycles. The summed E-state index contributed by atoms with van der Waals surface area (Å²) in [5.41, 5.74) is 0. The molecule has 0 saturated heterocycles. The van der Waals surface area contributed by atoms with Crippen LogP contribution < -0.4 is 10.1 Å². The van der Waals surface area contributed by atoms with Crippen LogP contribution in [0.15, 0.2) is 33.7 Å². The molecule has 6 heteroatoms. The maximum atomic E-state index is 5.91. The van der Waals surface area contributed by atoms with Crippen molar-refractivity contribution in [1.29, 1.82) is 0 Å². The second kappa shape index (κ2) is 5.63. The maximum Gasteiger partial charge on any atom is 0.240 e. The number of aromatic nitrogens is 2. The van der Waals surface area contributed by atoms with E-state index in [1.54, 1.807) is 11.8 Å². The van der Waals surface area contributed by atoms with Crippen molar-refractivity contribution in [2.24, 2.45) is 0 Å². The Morgan fingerprint density at radius 2 is 2.32 bits per heavy atom. The van der Waals surface area contributed by atoms with Crippen LogP contribution in [0.25, 0.3) is 0 Å². The minimum atomic E-state index is -0.140. The van der Waals surface area contributed by atoms with E-state index in [9.17, 15) is 0 Å². The van der Waals surface area contributed by atoms with E-state index in [1.807, 2.05) is 25.1 Å². The smallest absolute Gasteiger partial charge is 0.240 e. The fraction of sp³-hybridized carbons (Fsp3) is 0.385. The van der Waals surface area contributed by atoms with Crippen LogP contribution in [-0.4, -0.2) is 22.4 Å². The fourth-order valence-electron chi connectivity index (χ4n) is 1.85. The van der Waals surface area contributed by atoms with Crippen molar-refractivity contribution in [2.45, 2.75) is 24.5 Å². The average Bonchev–Trinajstić information content (AvgIpc) is 2.93.